The highest BCUT2D eigenvalue weighted by atomic mass is 79.9. The normalized spacial score (nSPS) is 21.6. The number of hydrogen-bond acceptors (Lipinski definition) is 2. The maximum atomic E-state index is 13.5. The van der Waals surface area contributed by atoms with Crippen LogP contribution in [0.15, 0.2) is 28.7 Å². The van der Waals surface area contributed by atoms with Crippen molar-refractivity contribution in [3.8, 4) is 0 Å². The van der Waals surface area contributed by atoms with Crippen LogP contribution in [0.3, 0.4) is 0 Å². The van der Waals surface area contributed by atoms with E-state index in [-0.39, 0.29) is 6.04 Å². The molecule has 1 saturated carbocycles. The molecule has 6 heteroatoms. The van der Waals surface area contributed by atoms with Crippen molar-refractivity contribution in [2.24, 2.45) is 5.92 Å². The average molecular weight is 356 g/mol. The molecule has 1 amide bonds. The molecule has 0 bridgehead atoms. The van der Waals surface area contributed by atoms with Gasteiger partial charge in [-0.25, -0.2) is 4.39 Å². The van der Waals surface area contributed by atoms with Crippen molar-refractivity contribution in [2.75, 3.05) is 0 Å². The third kappa shape index (κ3) is 4.14. The number of carbonyl (C=O) groups excluding carboxylic acids is 1. The quantitative estimate of drug-likeness (QED) is 0.816. The maximum Gasteiger partial charge on any atom is 0.308 e. The third-order valence-electron chi connectivity index (χ3n) is 3.53. The highest BCUT2D eigenvalue weighted by Gasteiger charge is 2.33. The molecule has 0 spiro atoms. The Morgan fingerprint density at radius 2 is 2.14 bits per heavy atom. The van der Waals surface area contributed by atoms with Gasteiger partial charge >= 0.3 is 5.97 Å². The standard InChI is InChI=1S/C15H15BrFNO3/c16-10-5-6-12(17)9(8-10)4-7-14(19)18-13-3-1-2-11(13)15(20)21/h4-8,11,13H,1-3H2,(H,18,19)(H,20,21). The largest absolute Gasteiger partial charge is 0.481 e. The van der Waals surface area contributed by atoms with E-state index >= 15 is 0 Å². The Labute approximate surface area is 130 Å². The Kier molecular flexibility index (Phi) is 5.12. The van der Waals surface area contributed by atoms with Crippen molar-refractivity contribution < 1.29 is 19.1 Å². The molecule has 1 aromatic carbocycles. The van der Waals surface area contributed by atoms with E-state index in [1.807, 2.05) is 0 Å². The second-order valence-corrected chi connectivity index (χ2v) is 5.91. The molecule has 2 unspecified atom stereocenters. The van der Waals surface area contributed by atoms with Crippen LogP contribution >= 0.6 is 15.9 Å². The summed E-state index contributed by atoms with van der Waals surface area (Å²) in [4.78, 5) is 22.8. The van der Waals surface area contributed by atoms with Gasteiger partial charge in [-0.1, -0.05) is 22.4 Å². The lowest BCUT2D eigenvalue weighted by atomic mass is 10.0. The molecule has 0 aromatic heterocycles. The van der Waals surface area contributed by atoms with Gasteiger partial charge in [-0.05, 0) is 37.1 Å². The smallest absolute Gasteiger partial charge is 0.308 e. The molecule has 0 heterocycles. The minimum Gasteiger partial charge on any atom is -0.481 e. The number of aliphatic carboxylic acids is 1. The van der Waals surface area contributed by atoms with E-state index in [9.17, 15) is 14.0 Å². The first kappa shape index (κ1) is 15.7. The lowest BCUT2D eigenvalue weighted by molar-refractivity contribution is -0.142. The van der Waals surface area contributed by atoms with Crippen LogP contribution in [0.4, 0.5) is 4.39 Å². The predicted octanol–water partition coefficient (Wildman–Crippen LogP) is 2.97. The van der Waals surface area contributed by atoms with Crippen molar-refractivity contribution >= 4 is 33.9 Å². The number of benzene rings is 1. The fraction of sp³-hybridized carbons (Fsp3) is 0.333. The van der Waals surface area contributed by atoms with E-state index in [1.54, 1.807) is 12.1 Å². The molecular formula is C15H15BrFNO3. The number of amides is 1. The minimum absolute atomic E-state index is 0.292. The van der Waals surface area contributed by atoms with Gasteiger partial charge in [0, 0.05) is 22.2 Å². The first-order valence-electron chi connectivity index (χ1n) is 6.64. The summed E-state index contributed by atoms with van der Waals surface area (Å²) < 4.78 is 14.2. The van der Waals surface area contributed by atoms with Crippen LogP contribution in [0.2, 0.25) is 0 Å². The second-order valence-electron chi connectivity index (χ2n) is 4.99. The van der Waals surface area contributed by atoms with Gasteiger partial charge in [0.05, 0.1) is 5.92 Å². The van der Waals surface area contributed by atoms with Crippen molar-refractivity contribution in [3.05, 3.63) is 40.1 Å². The van der Waals surface area contributed by atoms with E-state index in [0.29, 0.717) is 22.9 Å². The lowest BCUT2D eigenvalue weighted by Gasteiger charge is -2.16. The topological polar surface area (TPSA) is 66.4 Å². The van der Waals surface area contributed by atoms with Gasteiger partial charge in [-0.3, -0.25) is 9.59 Å². The van der Waals surface area contributed by atoms with Crippen LogP contribution in [0, 0.1) is 11.7 Å². The Morgan fingerprint density at radius 1 is 1.38 bits per heavy atom. The van der Waals surface area contributed by atoms with Crippen LogP contribution in [0.25, 0.3) is 6.08 Å². The van der Waals surface area contributed by atoms with Gasteiger partial charge in [0.25, 0.3) is 0 Å². The van der Waals surface area contributed by atoms with Crippen molar-refractivity contribution in [1.82, 2.24) is 5.32 Å². The van der Waals surface area contributed by atoms with Gasteiger partial charge in [-0.15, -0.1) is 0 Å². The van der Waals surface area contributed by atoms with Crippen molar-refractivity contribution in [3.63, 3.8) is 0 Å². The Morgan fingerprint density at radius 3 is 2.86 bits per heavy atom. The molecule has 112 valence electrons. The number of carboxylic acid groups (broad SMARTS) is 1. The Hall–Kier alpha value is -1.69. The zero-order valence-corrected chi connectivity index (χ0v) is 12.8. The van der Waals surface area contributed by atoms with Crippen LogP contribution in [0.1, 0.15) is 24.8 Å². The van der Waals surface area contributed by atoms with Crippen molar-refractivity contribution in [1.29, 1.82) is 0 Å². The van der Waals surface area contributed by atoms with Gasteiger partial charge < -0.3 is 10.4 Å². The molecule has 0 saturated heterocycles. The van der Waals surface area contributed by atoms with E-state index < -0.39 is 23.6 Å². The number of rotatable bonds is 4. The van der Waals surface area contributed by atoms with Gasteiger partial charge in [-0.2, -0.15) is 0 Å². The Bertz CT molecular complexity index is 588. The second kappa shape index (κ2) is 6.85. The monoisotopic (exact) mass is 355 g/mol. The minimum atomic E-state index is -0.889. The molecule has 0 aliphatic heterocycles. The highest BCUT2D eigenvalue weighted by Crippen LogP contribution is 2.25. The first-order chi connectivity index (χ1) is 9.97. The van der Waals surface area contributed by atoms with Gasteiger partial charge in [0.2, 0.25) is 5.91 Å². The highest BCUT2D eigenvalue weighted by molar-refractivity contribution is 9.10. The molecule has 0 radical (unpaired) electrons. The fourth-order valence-electron chi connectivity index (χ4n) is 2.47. The molecule has 2 N–H and O–H groups in total. The molecule has 1 aliphatic carbocycles. The number of halogens is 2. The van der Waals surface area contributed by atoms with E-state index in [1.165, 1.54) is 18.2 Å². The number of nitrogens with one attached hydrogen (secondary N) is 1. The van der Waals surface area contributed by atoms with E-state index in [2.05, 4.69) is 21.2 Å². The first-order valence-corrected chi connectivity index (χ1v) is 7.43. The average Bonchev–Trinajstić information content (AvgIpc) is 2.88. The SMILES string of the molecule is O=C(C=Cc1cc(Br)ccc1F)NC1CCCC1C(=O)O. The molecular weight excluding hydrogens is 341 g/mol. The fourth-order valence-corrected chi connectivity index (χ4v) is 2.85. The van der Waals surface area contributed by atoms with Gasteiger partial charge in [0.1, 0.15) is 5.82 Å². The number of carbonyl (C=O) groups is 2. The summed E-state index contributed by atoms with van der Waals surface area (Å²) in [5.74, 6) is -2.26. The molecule has 21 heavy (non-hydrogen) atoms. The summed E-state index contributed by atoms with van der Waals surface area (Å²) in [6.45, 7) is 0. The molecule has 2 atom stereocenters. The van der Waals surface area contributed by atoms with E-state index in [0.717, 1.165) is 6.42 Å². The Balaban J connectivity index is 2.00. The third-order valence-corrected chi connectivity index (χ3v) is 4.03. The molecule has 1 aromatic rings. The van der Waals surface area contributed by atoms with Crippen LogP contribution < -0.4 is 5.32 Å². The van der Waals surface area contributed by atoms with Crippen LogP contribution in [0.5, 0.6) is 0 Å². The number of hydrogen-bond donors (Lipinski definition) is 2. The molecule has 2 rings (SSSR count). The van der Waals surface area contributed by atoms with Gasteiger partial charge in [0.15, 0.2) is 0 Å². The van der Waals surface area contributed by atoms with E-state index in [4.69, 9.17) is 5.11 Å². The zero-order valence-electron chi connectivity index (χ0n) is 11.2. The summed E-state index contributed by atoms with van der Waals surface area (Å²) in [5, 5.41) is 11.7. The van der Waals surface area contributed by atoms with Crippen LogP contribution in [-0.4, -0.2) is 23.0 Å². The lowest BCUT2D eigenvalue weighted by Crippen LogP contribution is -2.39. The van der Waals surface area contributed by atoms with Crippen molar-refractivity contribution in [2.45, 2.75) is 25.3 Å². The number of carboxylic acids is 1. The maximum absolute atomic E-state index is 13.5. The summed E-state index contributed by atoms with van der Waals surface area (Å²) in [7, 11) is 0. The summed E-state index contributed by atoms with van der Waals surface area (Å²) in [6, 6.07) is 4.09. The summed E-state index contributed by atoms with van der Waals surface area (Å²) >= 11 is 3.23. The summed E-state index contributed by atoms with van der Waals surface area (Å²) in [6.07, 6.45) is 4.61. The van der Waals surface area contributed by atoms with Crippen LogP contribution in [-0.2, 0) is 9.59 Å². The molecule has 1 aliphatic rings. The summed E-state index contributed by atoms with van der Waals surface area (Å²) in [5.41, 5.74) is 0.292. The molecule has 4 nitrogen and oxygen atoms in total. The molecule has 1 fully saturated rings. The predicted molar refractivity (Wildman–Crippen MR) is 80.0 cm³/mol. The zero-order chi connectivity index (χ0) is 15.4.